The van der Waals surface area contributed by atoms with Gasteiger partial charge in [0.2, 0.25) is 0 Å². The molecule has 2 amide bonds. The fourth-order valence-electron chi connectivity index (χ4n) is 4.32. The Morgan fingerprint density at radius 2 is 1.80 bits per heavy atom. The first kappa shape index (κ1) is 20.6. The maximum atomic E-state index is 13.6. The lowest BCUT2D eigenvalue weighted by Crippen LogP contribution is -2.42. The fourth-order valence-corrected chi connectivity index (χ4v) is 5.77. The zero-order chi connectivity index (χ0) is 21.3. The third-order valence-electron chi connectivity index (χ3n) is 5.93. The number of halogens is 1. The number of hydrogen-bond donors (Lipinski definition) is 1. The lowest BCUT2D eigenvalue weighted by atomic mass is 9.92. The molecule has 0 spiro atoms. The number of carbonyl (C=O) groups excluding carboxylic acids is 1. The summed E-state index contributed by atoms with van der Waals surface area (Å²) in [5.41, 5.74) is 5.74. The minimum atomic E-state index is -0.265. The molecule has 1 aromatic heterocycles. The van der Waals surface area contributed by atoms with E-state index < -0.39 is 0 Å². The van der Waals surface area contributed by atoms with Crippen LogP contribution in [0.3, 0.4) is 0 Å². The van der Waals surface area contributed by atoms with Crippen LogP contribution in [0.15, 0.2) is 48.5 Å². The number of anilines is 1. The monoisotopic (exact) mass is 422 g/mol. The highest BCUT2D eigenvalue weighted by Crippen LogP contribution is 2.43. The predicted octanol–water partition coefficient (Wildman–Crippen LogP) is 6.50. The summed E-state index contributed by atoms with van der Waals surface area (Å²) in [7, 11) is 0. The maximum absolute atomic E-state index is 13.6. The number of urea groups is 1. The van der Waals surface area contributed by atoms with E-state index in [0.717, 1.165) is 30.5 Å². The molecule has 5 heteroatoms. The Morgan fingerprint density at radius 3 is 2.43 bits per heavy atom. The Kier molecular flexibility index (Phi) is 5.91. The average Bonchev–Trinajstić information content (AvgIpc) is 3.09. The van der Waals surface area contributed by atoms with Gasteiger partial charge in [-0.3, -0.25) is 0 Å². The van der Waals surface area contributed by atoms with Crippen molar-refractivity contribution in [3.8, 4) is 0 Å². The van der Waals surface area contributed by atoms with Gasteiger partial charge in [-0.05, 0) is 72.7 Å². The molecule has 3 aromatic rings. The Hall–Kier alpha value is -2.66. The van der Waals surface area contributed by atoms with E-state index in [2.05, 4.69) is 26.1 Å². The van der Waals surface area contributed by atoms with E-state index in [0.29, 0.717) is 6.54 Å². The molecular formula is C25H27FN2OS. The standard InChI is InChI=1S/C25H27FN2OS/c1-4-17-6-12-20(13-7-17)27-25(29)28-15-14-22-21(5-2)16(3)30-24(22)23(28)18-8-10-19(26)11-9-18/h6-13,23H,4-5,14-15H2,1-3H3,(H,27,29). The number of benzene rings is 2. The van der Waals surface area contributed by atoms with E-state index in [4.69, 9.17) is 0 Å². The molecule has 2 heterocycles. The highest BCUT2D eigenvalue weighted by atomic mass is 32.1. The maximum Gasteiger partial charge on any atom is 0.322 e. The molecule has 0 fully saturated rings. The molecule has 3 nitrogen and oxygen atoms in total. The van der Waals surface area contributed by atoms with Gasteiger partial charge in [0.1, 0.15) is 5.82 Å². The topological polar surface area (TPSA) is 32.3 Å². The van der Waals surface area contributed by atoms with Crippen LogP contribution in [0.4, 0.5) is 14.9 Å². The molecule has 0 radical (unpaired) electrons. The summed E-state index contributed by atoms with van der Waals surface area (Å²) in [6.07, 6.45) is 2.81. The van der Waals surface area contributed by atoms with Crippen molar-refractivity contribution in [3.63, 3.8) is 0 Å². The van der Waals surface area contributed by atoms with Crippen molar-refractivity contribution >= 4 is 23.1 Å². The van der Waals surface area contributed by atoms with Crippen LogP contribution in [-0.2, 0) is 19.3 Å². The SMILES string of the molecule is CCc1ccc(NC(=O)N2CCc3c(sc(C)c3CC)C2c2ccc(F)cc2)cc1. The minimum Gasteiger partial charge on any atom is -0.312 e. The Balaban J connectivity index is 1.69. The normalized spacial score (nSPS) is 15.7. The van der Waals surface area contributed by atoms with Gasteiger partial charge in [0.25, 0.3) is 0 Å². The zero-order valence-corrected chi connectivity index (χ0v) is 18.5. The predicted molar refractivity (Wildman–Crippen MR) is 122 cm³/mol. The smallest absolute Gasteiger partial charge is 0.312 e. The molecule has 1 aliphatic heterocycles. The van der Waals surface area contributed by atoms with Gasteiger partial charge in [-0.1, -0.05) is 38.1 Å². The largest absolute Gasteiger partial charge is 0.322 e. The number of amides is 2. The van der Waals surface area contributed by atoms with Crippen LogP contribution in [0, 0.1) is 12.7 Å². The van der Waals surface area contributed by atoms with Crippen LogP contribution >= 0.6 is 11.3 Å². The van der Waals surface area contributed by atoms with Gasteiger partial charge >= 0.3 is 6.03 Å². The van der Waals surface area contributed by atoms with Crippen molar-refractivity contribution in [2.24, 2.45) is 0 Å². The quantitative estimate of drug-likeness (QED) is 0.511. The van der Waals surface area contributed by atoms with E-state index in [1.807, 2.05) is 29.2 Å². The first-order valence-electron chi connectivity index (χ1n) is 10.5. The molecular weight excluding hydrogens is 395 g/mol. The Bertz CT molecular complexity index is 1040. The van der Waals surface area contributed by atoms with Crippen LogP contribution in [0.2, 0.25) is 0 Å². The van der Waals surface area contributed by atoms with Gasteiger partial charge in [0.05, 0.1) is 6.04 Å². The molecule has 0 saturated heterocycles. The van der Waals surface area contributed by atoms with Gasteiger partial charge < -0.3 is 10.2 Å². The summed E-state index contributed by atoms with van der Waals surface area (Å²) in [4.78, 5) is 17.7. The van der Waals surface area contributed by atoms with E-state index in [-0.39, 0.29) is 17.9 Å². The van der Waals surface area contributed by atoms with Gasteiger partial charge in [-0.25, -0.2) is 9.18 Å². The van der Waals surface area contributed by atoms with Crippen molar-refractivity contribution in [2.45, 2.75) is 46.1 Å². The second-order valence-corrected chi connectivity index (χ2v) is 8.97. The van der Waals surface area contributed by atoms with E-state index >= 15 is 0 Å². The molecule has 0 aliphatic carbocycles. The molecule has 4 rings (SSSR count). The lowest BCUT2D eigenvalue weighted by molar-refractivity contribution is 0.195. The summed E-state index contributed by atoms with van der Waals surface area (Å²) < 4.78 is 13.6. The van der Waals surface area contributed by atoms with Crippen molar-refractivity contribution in [1.29, 1.82) is 0 Å². The van der Waals surface area contributed by atoms with Crippen LogP contribution < -0.4 is 5.32 Å². The first-order chi connectivity index (χ1) is 14.5. The molecule has 1 aliphatic rings. The van der Waals surface area contributed by atoms with Crippen molar-refractivity contribution < 1.29 is 9.18 Å². The van der Waals surface area contributed by atoms with E-state index in [1.54, 1.807) is 23.5 Å². The van der Waals surface area contributed by atoms with Crippen LogP contribution in [0.25, 0.3) is 0 Å². The molecule has 2 aromatic carbocycles. The summed E-state index contributed by atoms with van der Waals surface area (Å²) in [6.45, 7) is 7.08. The second kappa shape index (κ2) is 8.60. The molecule has 0 saturated carbocycles. The summed E-state index contributed by atoms with van der Waals surface area (Å²) in [6, 6.07) is 14.2. The van der Waals surface area contributed by atoms with Gasteiger partial charge in [-0.2, -0.15) is 0 Å². The average molecular weight is 423 g/mol. The van der Waals surface area contributed by atoms with Crippen LogP contribution in [0.1, 0.15) is 51.9 Å². The summed E-state index contributed by atoms with van der Waals surface area (Å²) in [5.74, 6) is -0.265. The molecule has 1 N–H and O–H groups in total. The second-order valence-electron chi connectivity index (χ2n) is 7.71. The number of nitrogens with zero attached hydrogens (tertiary/aromatic N) is 1. The first-order valence-corrected chi connectivity index (χ1v) is 11.4. The number of rotatable bonds is 4. The third kappa shape index (κ3) is 3.86. The third-order valence-corrected chi connectivity index (χ3v) is 7.17. The highest BCUT2D eigenvalue weighted by molar-refractivity contribution is 7.12. The summed E-state index contributed by atoms with van der Waals surface area (Å²) in [5, 5.41) is 3.06. The number of fused-ring (bicyclic) bond motifs is 1. The zero-order valence-electron chi connectivity index (χ0n) is 17.7. The highest BCUT2D eigenvalue weighted by Gasteiger charge is 2.35. The summed E-state index contributed by atoms with van der Waals surface area (Å²) >= 11 is 1.77. The van der Waals surface area contributed by atoms with Gasteiger partial charge in [-0.15, -0.1) is 11.3 Å². The Labute approximate surface area is 181 Å². The number of hydrogen-bond acceptors (Lipinski definition) is 2. The number of aryl methyl sites for hydroxylation is 2. The number of carbonyl (C=O) groups is 1. The molecule has 0 bridgehead atoms. The van der Waals surface area contributed by atoms with Gasteiger partial charge in [0, 0.05) is 22.0 Å². The molecule has 156 valence electrons. The lowest BCUT2D eigenvalue weighted by Gasteiger charge is -2.36. The van der Waals surface area contributed by atoms with E-state index in [9.17, 15) is 9.18 Å². The van der Waals surface area contributed by atoms with Crippen LogP contribution in [-0.4, -0.2) is 17.5 Å². The van der Waals surface area contributed by atoms with E-state index in [1.165, 1.54) is 38.6 Å². The molecule has 1 unspecified atom stereocenters. The molecule has 30 heavy (non-hydrogen) atoms. The molecule has 1 atom stereocenters. The van der Waals surface area contributed by atoms with Crippen molar-refractivity contribution in [2.75, 3.05) is 11.9 Å². The van der Waals surface area contributed by atoms with Crippen molar-refractivity contribution in [3.05, 3.63) is 86.4 Å². The van der Waals surface area contributed by atoms with Gasteiger partial charge in [0.15, 0.2) is 0 Å². The van der Waals surface area contributed by atoms with Crippen LogP contribution in [0.5, 0.6) is 0 Å². The number of nitrogens with one attached hydrogen (secondary N) is 1. The fraction of sp³-hybridized carbons (Fsp3) is 0.320. The Morgan fingerprint density at radius 1 is 1.10 bits per heavy atom. The van der Waals surface area contributed by atoms with Crippen molar-refractivity contribution in [1.82, 2.24) is 4.90 Å². The minimum absolute atomic E-state index is 0.122. The number of thiophene rings is 1.